The summed E-state index contributed by atoms with van der Waals surface area (Å²) in [4.78, 5) is 0. The molecular weight excluding hydrogens is 194 g/mol. The quantitative estimate of drug-likeness (QED) is 0.816. The first-order valence-electron chi connectivity index (χ1n) is 6.44. The molecule has 0 heterocycles. The van der Waals surface area contributed by atoms with E-state index >= 15 is 0 Å². The second-order valence-electron chi connectivity index (χ2n) is 5.41. The first kappa shape index (κ1) is 11.7. The third kappa shape index (κ3) is 2.85. The van der Waals surface area contributed by atoms with Gasteiger partial charge in [-0.3, -0.25) is 0 Å². The van der Waals surface area contributed by atoms with E-state index in [1.54, 1.807) is 0 Å². The van der Waals surface area contributed by atoms with Gasteiger partial charge in [0.1, 0.15) is 0 Å². The minimum atomic E-state index is 0.747. The Labute approximate surface area is 99.3 Å². The third-order valence-electron chi connectivity index (χ3n) is 3.86. The topological polar surface area (TPSA) is 12.0 Å². The molecule has 2 unspecified atom stereocenters. The number of nitrogens with one attached hydrogen (secondary N) is 1. The number of aryl methyl sites for hydroxylation is 2. The van der Waals surface area contributed by atoms with Gasteiger partial charge in [0.05, 0.1) is 0 Å². The Hall–Kier alpha value is -0.820. The molecule has 0 amide bonds. The smallest absolute Gasteiger partial charge is 0.0208 e. The van der Waals surface area contributed by atoms with E-state index in [1.165, 1.54) is 36.0 Å². The molecule has 2 rings (SSSR count). The zero-order chi connectivity index (χ0) is 11.5. The Bertz CT molecular complexity index is 356. The molecule has 1 fully saturated rings. The van der Waals surface area contributed by atoms with Crippen LogP contribution < -0.4 is 5.32 Å². The molecule has 0 aromatic heterocycles. The number of benzene rings is 1. The van der Waals surface area contributed by atoms with Crippen molar-refractivity contribution in [3.63, 3.8) is 0 Å². The molecule has 0 radical (unpaired) electrons. The van der Waals surface area contributed by atoms with Crippen LogP contribution in [-0.4, -0.2) is 6.04 Å². The first-order valence-corrected chi connectivity index (χ1v) is 6.44. The highest BCUT2D eigenvalue weighted by Crippen LogP contribution is 2.24. The minimum absolute atomic E-state index is 0.747. The van der Waals surface area contributed by atoms with Crippen LogP contribution in [0.4, 0.5) is 0 Å². The van der Waals surface area contributed by atoms with Crippen LogP contribution in [0.5, 0.6) is 0 Å². The predicted octanol–water partition coefficient (Wildman–Crippen LogP) is 3.58. The van der Waals surface area contributed by atoms with Crippen molar-refractivity contribution in [3.8, 4) is 0 Å². The van der Waals surface area contributed by atoms with Gasteiger partial charge in [0.2, 0.25) is 0 Å². The maximum atomic E-state index is 3.67. The van der Waals surface area contributed by atoms with Crippen LogP contribution in [0.25, 0.3) is 0 Å². The van der Waals surface area contributed by atoms with Gasteiger partial charge < -0.3 is 5.32 Å². The standard InChI is InChI=1S/C15H23N/c1-11-4-7-15(8-11)16-10-14-6-5-12(2)13(3)9-14/h5-6,9,11,15-16H,4,7-8,10H2,1-3H3. The number of hydrogen-bond acceptors (Lipinski definition) is 1. The molecule has 0 saturated heterocycles. The van der Waals surface area contributed by atoms with Gasteiger partial charge in [-0.2, -0.15) is 0 Å². The lowest BCUT2D eigenvalue weighted by atomic mass is 10.1. The number of rotatable bonds is 3. The van der Waals surface area contributed by atoms with Gasteiger partial charge in [-0.25, -0.2) is 0 Å². The predicted molar refractivity (Wildman–Crippen MR) is 69.6 cm³/mol. The average molecular weight is 217 g/mol. The second kappa shape index (κ2) is 5.01. The molecule has 1 N–H and O–H groups in total. The molecule has 1 aliphatic carbocycles. The summed E-state index contributed by atoms with van der Waals surface area (Å²) in [5.41, 5.74) is 4.21. The Morgan fingerprint density at radius 2 is 2.00 bits per heavy atom. The van der Waals surface area contributed by atoms with Crippen LogP contribution >= 0.6 is 0 Å². The van der Waals surface area contributed by atoms with E-state index in [4.69, 9.17) is 0 Å². The maximum Gasteiger partial charge on any atom is 0.0208 e. The molecule has 1 aromatic rings. The summed E-state index contributed by atoms with van der Waals surface area (Å²) in [6.45, 7) is 7.75. The van der Waals surface area contributed by atoms with E-state index in [0.717, 1.165) is 18.5 Å². The summed E-state index contributed by atoms with van der Waals surface area (Å²) in [5.74, 6) is 0.914. The van der Waals surface area contributed by atoms with Gasteiger partial charge in [0.25, 0.3) is 0 Å². The van der Waals surface area contributed by atoms with Crippen molar-refractivity contribution in [3.05, 3.63) is 34.9 Å². The van der Waals surface area contributed by atoms with E-state index in [0.29, 0.717) is 0 Å². The lowest BCUT2D eigenvalue weighted by Gasteiger charge is -2.13. The van der Waals surface area contributed by atoms with Gasteiger partial charge >= 0.3 is 0 Å². The molecule has 0 aliphatic heterocycles. The van der Waals surface area contributed by atoms with Crippen molar-refractivity contribution in [2.45, 2.75) is 52.6 Å². The highest BCUT2D eigenvalue weighted by Gasteiger charge is 2.20. The molecule has 88 valence electrons. The van der Waals surface area contributed by atoms with Gasteiger partial charge in [0.15, 0.2) is 0 Å². The fraction of sp³-hybridized carbons (Fsp3) is 0.600. The van der Waals surface area contributed by atoms with Crippen molar-refractivity contribution >= 4 is 0 Å². The van der Waals surface area contributed by atoms with Crippen molar-refractivity contribution in [1.82, 2.24) is 5.32 Å². The largest absolute Gasteiger partial charge is 0.310 e. The van der Waals surface area contributed by atoms with E-state index in [-0.39, 0.29) is 0 Å². The van der Waals surface area contributed by atoms with E-state index in [2.05, 4.69) is 44.3 Å². The van der Waals surface area contributed by atoms with Crippen LogP contribution in [0.3, 0.4) is 0 Å². The zero-order valence-electron chi connectivity index (χ0n) is 10.7. The van der Waals surface area contributed by atoms with Crippen molar-refractivity contribution in [1.29, 1.82) is 0 Å². The Morgan fingerprint density at radius 3 is 2.62 bits per heavy atom. The summed E-state index contributed by atoms with van der Waals surface area (Å²) in [6.07, 6.45) is 4.10. The lowest BCUT2D eigenvalue weighted by molar-refractivity contribution is 0.502. The molecule has 1 nitrogen and oxygen atoms in total. The Kier molecular flexibility index (Phi) is 3.65. The van der Waals surface area contributed by atoms with Crippen LogP contribution in [0.1, 0.15) is 42.9 Å². The highest BCUT2D eigenvalue weighted by molar-refractivity contribution is 5.29. The van der Waals surface area contributed by atoms with E-state index in [9.17, 15) is 0 Å². The van der Waals surface area contributed by atoms with Crippen molar-refractivity contribution in [2.75, 3.05) is 0 Å². The Balaban J connectivity index is 1.87. The fourth-order valence-corrected chi connectivity index (χ4v) is 2.57. The van der Waals surface area contributed by atoms with E-state index in [1.807, 2.05) is 0 Å². The third-order valence-corrected chi connectivity index (χ3v) is 3.86. The second-order valence-corrected chi connectivity index (χ2v) is 5.41. The van der Waals surface area contributed by atoms with Crippen LogP contribution in [0.2, 0.25) is 0 Å². The van der Waals surface area contributed by atoms with Crippen molar-refractivity contribution in [2.24, 2.45) is 5.92 Å². The first-order chi connectivity index (χ1) is 7.65. The van der Waals surface area contributed by atoms with Gasteiger partial charge in [-0.15, -0.1) is 0 Å². The zero-order valence-corrected chi connectivity index (χ0v) is 10.7. The molecule has 1 aromatic carbocycles. The summed E-state index contributed by atoms with van der Waals surface area (Å²) >= 11 is 0. The molecule has 16 heavy (non-hydrogen) atoms. The van der Waals surface area contributed by atoms with Gasteiger partial charge in [-0.1, -0.05) is 25.1 Å². The average Bonchev–Trinajstić information content (AvgIpc) is 2.66. The maximum absolute atomic E-state index is 3.67. The van der Waals surface area contributed by atoms with E-state index < -0.39 is 0 Å². The van der Waals surface area contributed by atoms with Crippen LogP contribution in [0, 0.1) is 19.8 Å². The fourth-order valence-electron chi connectivity index (χ4n) is 2.57. The molecule has 2 atom stereocenters. The molecule has 0 bridgehead atoms. The number of hydrogen-bond donors (Lipinski definition) is 1. The summed E-state index contributed by atoms with van der Waals surface area (Å²) in [5, 5.41) is 3.67. The molecule has 1 aliphatic rings. The minimum Gasteiger partial charge on any atom is -0.310 e. The summed E-state index contributed by atoms with van der Waals surface area (Å²) < 4.78 is 0. The Morgan fingerprint density at radius 1 is 1.19 bits per heavy atom. The van der Waals surface area contributed by atoms with Crippen LogP contribution in [0.15, 0.2) is 18.2 Å². The van der Waals surface area contributed by atoms with Gasteiger partial charge in [0, 0.05) is 12.6 Å². The molecule has 0 spiro atoms. The summed E-state index contributed by atoms with van der Waals surface area (Å²) in [7, 11) is 0. The lowest BCUT2D eigenvalue weighted by Crippen LogP contribution is -2.25. The normalized spacial score (nSPS) is 24.9. The highest BCUT2D eigenvalue weighted by atomic mass is 14.9. The molecule has 1 heteroatoms. The summed E-state index contributed by atoms with van der Waals surface area (Å²) in [6, 6.07) is 7.52. The molecular formula is C15H23N. The monoisotopic (exact) mass is 217 g/mol. The van der Waals surface area contributed by atoms with Gasteiger partial charge in [-0.05, 0) is 55.7 Å². The van der Waals surface area contributed by atoms with Crippen molar-refractivity contribution < 1.29 is 0 Å². The van der Waals surface area contributed by atoms with Crippen LogP contribution in [-0.2, 0) is 6.54 Å². The SMILES string of the molecule is Cc1ccc(CNC2CCC(C)C2)cc1C. The molecule has 1 saturated carbocycles.